The number of rotatable bonds is 4. The maximum Gasteiger partial charge on any atom is 0.160 e. The standard InChI is InChI=1S/C17H18O3.CH4/c1-11-5-7-13(8-6-11)17-15(19-3)9-14(12(2)18)10-16(17)20-4;/h5-10H,1-4H3;1H4. The molecule has 2 rings (SSSR count). The van der Waals surface area contributed by atoms with Crippen LogP contribution in [0.5, 0.6) is 11.5 Å². The van der Waals surface area contributed by atoms with Crippen LogP contribution in [0.15, 0.2) is 36.4 Å². The Morgan fingerprint density at radius 3 is 1.81 bits per heavy atom. The molecule has 0 radical (unpaired) electrons. The van der Waals surface area contributed by atoms with Crippen molar-refractivity contribution in [3.05, 3.63) is 47.5 Å². The lowest BCUT2D eigenvalue weighted by molar-refractivity contribution is 0.101. The minimum absolute atomic E-state index is 0. The summed E-state index contributed by atoms with van der Waals surface area (Å²) in [5.74, 6) is 1.26. The Hall–Kier alpha value is -2.29. The Kier molecular flexibility index (Phi) is 5.53. The molecule has 0 N–H and O–H groups in total. The summed E-state index contributed by atoms with van der Waals surface area (Å²) in [7, 11) is 3.19. The van der Waals surface area contributed by atoms with Crippen molar-refractivity contribution in [2.75, 3.05) is 14.2 Å². The topological polar surface area (TPSA) is 35.5 Å². The predicted molar refractivity (Wildman–Crippen MR) is 86.5 cm³/mol. The van der Waals surface area contributed by atoms with Crippen LogP contribution in [0.25, 0.3) is 11.1 Å². The van der Waals surface area contributed by atoms with E-state index in [1.807, 2.05) is 31.2 Å². The van der Waals surface area contributed by atoms with Gasteiger partial charge < -0.3 is 9.47 Å². The SMILES string of the molecule is C.COc1cc(C(C)=O)cc(OC)c1-c1ccc(C)cc1. The van der Waals surface area contributed by atoms with Gasteiger partial charge in [0.05, 0.1) is 19.8 Å². The molecule has 0 fully saturated rings. The van der Waals surface area contributed by atoms with E-state index in [4.69, 9.17) is 9.47 Å². The van der Waals surface area contributed by atoms with Crippen LogP contribution < -0.4 is 9.47 Å². The molecule has 2 aromatic rings. The van der Waals surface area contributed by atoms with E-state index >= 15 is 0 Å². The van der Waals surface area contributed by atoms with Gasteiger partial charge in [0, 0.05) is 5.56 Å². The molecule has 21 heavy (non-hydrogen) atoms. The first-order valence-electron chi connectivity index (χ1n) is 6.40. The van der Waals surface area contributed by atoms with Crippen molar-refractivity contribution in [3.8, 4) is 22.6 Å². The quantitative estimate of drug-likeness (QED) is 0.775. The smallest absolute Gasteiger partial charge is 0.160 e. The summed E-state index contributed by atoms with van der Waals surface area (Å²) >= 11 is 0. The fraction of sp³-hybridized carbons (Fsp3) is 0.278. The van der Waals surface area contributed by atoms with Gasteiger partial charge in [-0.15, -0.1) is 0 Å². The van der Waals surface area contributed by atoms with Gasteiger partial charge >= 0.3 is 0 Å². The Morgan fingerprint density at radius 2 is 1.43 bits per heavy atom. The second-order valence-corrected chi connectivity index (χ2v) is 4.68. The van der Waals surface area contributed by atoms with Crippen molar-refractivity contribution >= 4 is 5.78 Å². The molecular formula is C18H22O3. The van der Waals surface area contributed by atoms with Crippen LogP contribution in [0.1, 0.15) is 30.3 Å². The van der Waals surface area contributed by atoms with Crippen LogP contribution >= 0.6 is 0 Å². The average Bonchev–Trinajstić information content (AvgIpc) is 2.46. The third-order valence-corrected chi connectivity index (χ3v) is 3.25. The summed E-state index contributed by atoms with van der Waals surface area (Å²) < 4.78 is 10.9. The normalized spacial score (nSPS) is 9.71. The zero-order chi connectivity index (χ0) is 14.7. The number of benzene rings is 2. The van der Waals surface area contributed by atoms with Gasteiger partial charge in [-0.25, -0.2) is 0 Å². The number of methoxy groups -OCH3 is 2. The second kappa shape index (κ2) is 6.93. The van der Waals surface area contributed by atoms with Gasteiger partial charge in [0.2, 0.25) is 0 Å². The minimum Gasteiger partial charge on any atom is -0.496 e. The second-order valence-electron chi connectivity index (χ2n) is 4.68. The van der Waals surface area contributed by atoms with Gasteiger partial charge in [0.25, 0.3) is 0 Å². The fourth-order valence-corrected chi connectivity index (χ4v) is 2.12. The maximum absolute atomic E-state index is 11.6. The first kappa shape index (κ1) is 16.8. The third kappa shape index (κ3) is 3.43. The van der Waals surface area contributed by atoms with Crippen molar-refractivity contribution in [1.29, 1.82) is 0 Å². The zero-order valence-electron chi connectivity index (χ0n) is 12.2. The van der Waals surface area contributed by atoms with Crippen molar-refractivity contribution in [2.24, 2.45) is 0 Å². The molecule has 3 heteroatoms. The van der Waals surface area contributed by atoms with Gasteiger partial charge in [-0.3, -0.25) is 4.79 Å². The molecule has 0 amide bonds. The monoisotopic (exact) mass is 286 g/mol. The van der Waals surface area contributed by atoms with Gasteiger partial charge in [0.15, 0.2) is 5.78 Å². The number of carbonyl (C=O) groups excluding carboxylic acids is 1. The van der Waals surface area contributed by atoms with Crippen molar-refractivity contribution < 1.29 is 14.3 Å². The van der Waals surface area contributed by atoms with Gasteiger partial charge in [-0.1, -0.05) is 37.3 Å². The van der Waals surface area contributed by atoms with E-state index in [0.717, 1.165) is 11.1 Å². The molecule has 0 spiro atoms. The number of ether oxygens (including phenoxy) is 2. The van der Waals surface area contributed by atoms with E-state index in [9.17, 15) is 4.79 Å². The first-order chi connectivity index (χ1) is 9.56. The molecule has 0 saturated carbocycles. The number of Topliss-reactive ketones (excluding diaryl/α,β-unsaturated/α-hetero) is 1. The highest BCUT2D eigenvalue weighted by Gasteiger charge is 2.16. The summed E-state index contributed by atoms with van der Waals surface area (Å²) in [4.78, 5) is 11.6. The van der Waals surface area contributed by atoms with E-state index < -0.39 is 0 Å². The van der Waals surface area contributed by atoms with E-state index in [2.05, 4.69) is 0 Å². The lowest BCUT2D eigenvalue weighted by Gasteiger charge is -2.15. The van der Waals surface area contributed by atoms with Crippen LogP contribution in [0, 0.1) is 6.92 Å². The molecule has 0 aliphatic carbocycles. The summed E-state index contributed by atoms with van der Waals surface area (Å²) in [6, 6.07) is 11.6. The molecular weight excluding hydrogens is 264 g/mol. The minimum atomic E-state index is -0.0166. The van der Waals surface area contributed by atoms with E-state index in [0.29, 0.717) is 17.1 Å². The van der Waals surface area contributed by atoms with E-state index in [1.165, 1.54) is 12.5 Å². The van der Waals surface area contributed by atoms with Crippen molar-refractivity contribution in [2.45, 2.75) is 21.3 Å². The summed E-state index contributed by atoms with van der Waals surface area (Å²) in [5.41, 5.74) is 3.63. The Labute approximate surface area is 126 Å². The molecule has 0 aliphatic heterocycles. The predicted octanol–water partition coefficient (Wildman–Crippen LogP) is 4.52. The number of ketones is 1. The van der Waals surface area contributed by atoms with Gasteiger partial charge in [0.1, 0.15) is 11.5 Å². The Morgan fingerprint density at radius 1 is 0.952 bits per heavy atom. The van der Waals surface area contributed by atoms with Gasteiger partial charge in [-0.2, -0.15) is 0 Å². The lowest BCUT2D eigenvalue weighted by atomic mass is 9.99. The zero-order valence-corrected chi connectivity index (χ0v) is 12.2. The van der Waals surface area contributed by atoms with E-state index in [-0.39, 0.29) is 13.2 Å². The highest BCUT2D eigenvalue weighted by Crippen LogP contribution is 2.39. The molecule has 0 aliphatic rings. The highest BCUT2D eigenvalue weighted by molar-refractivity contribution is 5.96. The molecule has 0 bridgehead atoms. The molecule has 0 heterocycles. The first-order valence-corrected chi connectivity index (χ1v) is 6.40. The summed E-state index contributed by atoms with van der Waals surface area (Å²) in [6.07, 6.45) is 0. The molecule has 0 unspecified atom stereocenters. The molecule has 0 atom stereocenters. The summed E-state index contributed by atoms with van der Waals surface area (Å²) in [5, 5.41) is 0. The Balaban J connectivity index is 0.00000220. The van der Waals surface area contributed by atoms with Crippen molar-refractivity contribution in [3.63, 3.8) is 0 Å². The highest BCUT2D eigenvalue weighted by atomic mass is 16.5. The molecule has 112 valence electrons. The van der Waals surface area contributed by atoms with Crippen LogP contribution in [0.2, 0.25) is 0 Å². The van der Waals surface area contributed by atoms with E-state index in [1.54, 1.807) is 26.4 Å². The van der Waals surface area contributed by atoms with Crippen LogP contribution in [0.3, 0.4) is 0 Å². The number of hydrogen-bond donors (Lipinski definition) is 0. The molecule has 3 nitrogen and oxygen atoms in total. The third-order valence-electron chi connectivity index (χ3n) is 3.25. The van der Waals surface area contributed by atoms with Gasteiger partial charge in [-0.05, 0) is 31.5 Å². The molecule has 2 aromatic carbocycles. The number of carbonyl (C=O) groups is 1. The average molecular weight is 286 g/mol. The van der Waals surface area contributed by atoms with Crippen molar-refractivity contribution in [1.82, 2.24) is 0 Å². The largest absolute Gasteiger partial charge is 0.496 e. The fourth-order valence-electron chi connectivity index (χ4n) is 2.12. The number of hydrogen-bond acceptors (Lipinski definition) is 3. The van der Waals surface area contributed by atoms with Crippen LogP contribution in [0.4, 0.5) is 0 Å². The summed E-state index contributed by atoms with van der Waals surface area (Å²) in [6.45, 7) is 3.57. The molecule has 0 aromatic heterocycles. The lowest BCUT2D eigenvalue weighted by Crippen LogP contribution is -1.99. The van der Waals surface area contributed by atoms with Crippen LogP contribution in [-0.2, 0) is 0 Å². The molecule has 0 saturated heterocycles. The van der Waals surface area contributed by atoms with Crippen LogP contribution in [-0.4, -0.2) is 20.0 Å². The Bertz CT molecular complexity index is 602. The number of aryl methyl sites for hydroxylation is 1. The maximum atomic E-state index is 11.6.